The van der Waals surface area contributed by atoms with Gasteiger partial charge in [-0.05, 0) is 48.9 Å². The van der Waals surface area contributed by atoms with Crippen LogP contribution >= 0.6 is 15.9 Å². The number of nitrogens with zero attached hydrogens (tertiary/aromatic N) is 1. The molecule has 2 atom stereocenters. The lowest BCUT2D eigenvalue weighted by Gasteiger charge is -2.22. The summed E-state index contributed by atoms with van der Waals surface area (Å²) in [5.74, 6) is 1.48. The molecule has 0 spiro atoms. The predicted molar refractivity (Wildman–Crippen MR) is 80.2 cm³/mol. The summed E-state index contributed by atoms with van der Waals surface area (Å²) >= 11 is 3.40. The molecule has 1 aliphatic carbocycles. The van der Waals surface area contributed by atoms with E-state index in [4.69, 9.17) is 0 Å². The number of anilines is 1. The first-order chi connectivity index (χ1) is 9.22. The fraction of sp³-hybridized carbons (Fsp3) is 0.533. The van der Waals surface area contributed by atoms with Gasteiger partial charge in [0, 0.05) is 23.2 Å². The maximum Gasteiger partial charge on any atom is 0.321 e. The lowest BCUT2D eigenvalue weighted by atomic mass is 9.82. The van der Waals surface area contributed by atoms with Crippen LogP contribution in [-0.4, -0.2) is 24.0 Å². The summed E-state index contributed by atoms with van der Waals surface area (Å²) in [6, 6.07) is 7.78. The van der Waals surface area contributed by atoms with Crippen LogP contribution in [0, 0.1) is 11.8 Å². The molecule has 1 N–H and O–H groups in total. The van der Waals surface area contributed by atoms with E-state index in [1.807, 2.05) is 29.2 Å². The van der Waals surface area contributed by atoms with Crippen molar-refractivity contribution in [3.8, 4) is 0 Å². The summed E-state index contributed by atoms with van der Waals surface area (Å²) in [7, 11) is 0. The largest absolute Gasteiger partial charge is 0.324 e. The summed E-state index contributed by atoms with van der Waals surface area (Å²) in [6.07, 6.45) is 5.27. The Kier molecular flexibility index (Phi) is 3.78. The van der Waals surface area contributed by atoms with E-state index in [9.17, 15) is 4.79 Å². The lowest BCUT2D eigenvalue weighted by Crippen LogP contribution is -2.33. The molecule has 1 saturated heterocycles. The van der Waals surface area contributed by atoms with E-state index in [0.717, 1.165) is 35.1 Å². The van der Waals surface area contributed by atoms with Crippen molar-refractivity contribution in [3.63, 3.8) is 0 Å². The van der Waals surface area contributed by atoms with Crippen molar-refractivity contribution < 1.29 is 4.79 Å². The molecule has 0 radical (unpaired) electrons. The number of carbonyl (C=O) groups is 1. The third-order valence-electron chi connectivity index (χ3n) is 4.36. The summed E-state index contributed by atoms with van der Waals surface area (Å²) in [5, 5.41) is 2.99. The molecule has 2 fully saturated rings. The molecular formula is C15H19BrN2O. The Morgan fingerprint density at radius 1 is 1.11 bits per heavy atom. The average molecular weight is 323 g/mol. The van der Waals surface area contributed by atoms with Gasteiger partial charge >= 0.3 is 6.03 Å². The second kappa shape index (κ2) is 5.53. The number of halogens is 1. The van der Waals surface area contributed by atoms with Gasteiger partial charge in [-0.25, -0.2) is 4.79 Å². The van der Waals surface area contributed by atoms with Gasteiger partial charge < -0.3 is 10.2 Å². The number of nitrogens with one attached hydrogen (secondary N) is 1. The van der Waals surface area contributed by atoms with Gasteiger partial charge in [-0.3, -0.25) is 0 Å². The van der Waals surface area contributed by atoms with E-state index >= 15 is 0 Å². The van der Waals surface area contributed by atoms with Crippen molar-refractivity contribution >= 4 is 27.6 Å². The highest BCUT2D eigenvalue weighted by atomic mass is 79.9. The normalized spacial score (nSPS) is 26.1. The number of carbonyl (C=O) groups excluding carboxylic acids is 1. The number of hydrogen-bond acceptors (Lipinski definition) is 1. The number of fused-ring (bicyclic) bond motifs is 1. The number of rotatable bonds is 1. The topological polar surface area (TPSA) is 32.3 Å². The molecular weight excluding hydrogens is 304 g/mol. The molecule has 19 heavy (non-hydrogen) atoms. The highest BCUT2D eigenvalue weighted by molar-refractivity contribution is 9.10. The number of amides is 2. The van der Waals surface area contributed by atoms with Crippen LogP contribution in [0.15, 0.2) is 28.7 Å². The van der Waals surface area contributed by atoms with Crippen LogP contribution < -0.4 is 5.32 Å². The van der Waals surface area contributed by atoms with Gasteiger partial charge in [0.1, 0.15) is 0 Å². The van der Waals surface area contributed by atoms with Gasteiger partial charge in [0.2, 0.25) is 0 Å². The highest BCUT2D eigenvalue weighted by Gasteiger charge is 2.36. The zero-order valence-corrected chi connectivity index (χ0v) is 12.5. The van der Waals surface area contributed by atoms with E-state index in [1.165, 1.54) is 25.7 Å². The molecule has 2 unspecified atom stereocenters. The maximum atomic E-state index is 12.2. The number of hydrogen-bond donors (Lipinski definition) is 1. The minimum atomic E-state index is 0.0525. The molecule has 1 saturated carbocycles. The standard InChI is InChI=1S/C15H19BrN2O/c16-13-5-7-14(8-6-13)17-15(19)18-9-11-3-1-2-4-12(11)10-18/h5-8,11-12H,1-4,9-10H2,(H,17,19). The number of urea groups is 1. The second-order valence-electron chi connectivity index (χ2n) is 5.65. The van der Waals surface area contributed by atoms with Crippen LogP contribution in [-0.2, 0) is 0 Å². The molecule has 3 rings (SSSR count). The summed E-state index contributed by atoms with van der Waals surface area (Å²) in [5.41, 5.74) is 0.864. The predicted octanol–water partition coefficient (Wildman–Crippen LogP) is 4.10. The Morgan fingerprint density at radius 3 is 2.26 bits per heavy atom. The molecule has 1 aromatic rings. The SMILES string of the molecule is O=C(Nc1ccc(Br)cc1)N1CC2CCCCC2C1. The maximum absolute atomic E-state index is 12.2. The zero-order chi connectivity index (χ0) is 13.2. The van der Waals surface area contributed by atoms with Gasteiger partial charge in [0.15, 0.2) is 0 Å². The Balaban J connectivity index is 1.60. The van der Waals surface area contributed by atoms with Crippen LogP contribution in [0.5, 0.6) is 0 Å². The molecule has 0 bridgehead atoms. The molecule has 102 valence electrons. The van der Waals surface area contributed by atoms with Crippen molar-refractivity contribution in [2.24, 2.45) is 11.8 Å². The van der Waals surface area contributed by atoms with E-state index < -0.39 is 0 Å². The first kappa shape index (κ1) is 13.0. The van der Waals surface area contributed by atoms with Crippen LogP contribution in [0.25, 0.3) is 0 Å². The van der Waals surface area contributed by atoms with Crippen molar-refractivity contribution in [1.82, 2.24) is 4.90 Å². The van der Waals surface area contributed by atoms with Crippen molar-refractivity contribution in [2.45, 2.75) is 25.7 Å². The van der Waals surface area contributed by atoms with E-state index in [2.05, 4.69) is 21.2 Å². The molecule has 2 aliphatic rings. The Bertz CT molecular complexity index is 446. The summed E-state index contributed by atoms with van der Waals surface area (Å²) < 4.78 is 1.03. The fourth-order valence-corrected chi connectivity index (χ4v) is 3.57. The Labute approximate surface area is 122 Å². The second-order valence-corrected chi connectivity index (χ2v) is 6.56. The first-order valence-corrected chi connectivity index (χ1v) is 7.83. The van der Waals surface area contributed by atoms with Crippen molar-refractivity contribution in [1.29, 1.82) is 0 Å². The molecule has 1 heterocycles. The van der Waals surface area contributed by atoms with Crippen LogP contribution in [0.2, 0.25) is 0 Å². The first-order valence-electron chi connectivity index (χ1n) is 7.04. The lowest BCUT2D eigenvalue weighted by molar-refractivity contribution is 0.220. The highest BCUT2D eigenvalue weighted by Crippen LogP contribution is 2.36. The molecule has 3 nitrogen and oxygen atoms in total. The van der Waals surface area contributed by atoms with Crippen LogP contribution in [0.3, 0.4) is 0 Å². The molecule has 0 aromatic heterocycles. The quantitative estimate of drug-likeness (QED) is 0.829. The minimum absolute atomic E-state index is 0.0525. The molecule has 1 aliphatic heterocycles. The molecule has 1 aromatic carbocycles. The monoisotopic (exact) mass is 322 g/mol. The smallest absolute Gasteiger partial charge is 0.321 e. The van der Waals surface area contributed by atoms with E-state index in [0.29, 0.717) is 0 Å². The number of likely N-dealkylation sites (tertiary alicyclic amines) is 1. The molecule has 2 amide bonds. The van der Waals surface area contributed by atoms with Gasteiger partial charge in [0.25, 0.3) is 0 Å². The fourth-order valence-electron chi connectivity index (χ4n) is 3.31. The third kappa shape index (κ3) is 2.94. The summed E-state index contributed by atoms with van der Waals surface area (Å²) in [4.78, 5) is 14.2. The zero-order valence-electron chi connectivity index (χ0n) is 10.9. The average Bonchev–Trinajstić information content (AvgIpc) is 2.85. The van der Waals surface area contributed by atoms with Crippen LogP contribution in [0.4, 0.5) is 10.5 Å². The van der Waals surface area contributed by atoms with Crippen molar-refractivity contribution in [2.75, 3.05) is 18.4 Å². The van der Waals surface area contributed by atoms with Gasteiger partial charge in [-0.2, -0.15) is 0 Å². The van der Waals surface area contributed by atoms with Crippen LogP contribution in [0.1, 0.15) is 25.7 Å². The Morgan fingerprint density at radius 2 is 1.68 bits per heavy atom. The third-order valence-corrected chi connectivity index (χ3v) is 4.89. The molecule has 4 heteroatoms. The Hall–Kier alpha value is -1.03. The van der Waals surface area contributed by atoms with E-state index in [1.54, 1.807) is 0 Å². The summed E-state index contributed by atoms with van der Waals surface area (Å²) in [6.45, 7) is 1.88. The van der Waals surface area contributed by atoms with Crippen molar-refractivity contribution in [3.05, 3.63) is 28.7 Å². The van der Waals surface area contributed by atoms with E-state index in [-0.39, 0.29) is 6.03 Å². The van der Waals surface area contributed by atoms with Gasteiger partial charge in [0.05, 0.1) is 0 Å². The van der Waals surface area contributed by atoms with Gasteiger partial charge in [-0.1, -0.05) is 28.8 Å². The number of benzene rings is 1. The minimum Gasteiger partial charge on any atom is -0.324 e. The van der Waals surface area contributed by atoms with Gasteiger partial charge in [-0.15, -0.1) is 0 Å².